The lowest BCUT2D eigenvalue weighted by atomic mass is 9.89. The van der Waals surface area contributed by atoms with Gasteiger partial charge in [-0.3, -0.25) is 0 Å². The highest BCUT2D eigenvalue weighted by Gasteiger charge is 2.50. The number of halogens is 2. The van der Waals surface area contributed by atoms with Crippen molar-refractivity contribution in [1.29, 1.82) is 0 Å². The molecular weight excluding hydrogens is 395 g/mol. The van der Waals surface area contributed by atoms with Crippen molar-refractivity contribution in [1.82, 2.24) is 4.48 Å². The number of hydrogen-bond donors (Lipinski definition) is 1. The summed E-state index contributed by atoms with van der Waals surface area (Å²) in [7, 11) is 1.94. The van der Waals surface area contributed by atoms with Crippen LogP contribution in [0.15, 0.2) is 73.1 Å². The average molecular weight is 417 g/mol. The van der Waals surface area contributed by atoms with Gasteiger partial charge < -0.3 is 27.6 Å². The maximum absolute atomic E-state index is 15.0. The summed E-state index contributed by atoms with van der Waals surface area (Å²) in [5, 5.41) is 9.08. The lowest BCUT2D eigenvalue weighted by Gasteiger charge is -2.27. The van der Waals surface area contributed by atoms with Crippen LogP contribution >= 0.6 is 0 Å². The zero-order chi connectivity index (χ0) is 21.6. The van der Waals surface area contributed by atoms with Crippen LogP contribution in [0.5, 0.6) is 0 Å². The second-order valence-electron chi connectivity index (χ2n) is 7.88. The molecule has 1 aromatic heterocycles. The molecule has 0 saturated carbocycles. The summed E-state index contributed by atoms with van der Waals surface area (Å²) >= 11 is 0. The Morgan fingerprint density at radius 1 is 1.03 bits per heavy atom. The Hall–Kier alpha value is -3.45. The SMILES string of the molecule is CN(CCO)c1ccc(/C=C/c2ccc3cc[n+]4c-3c(c2)-c2cccn2[B-]4(F)F)cc1. The second kappa shape index (κ2) is 7.36. The number of aliphatic hydroxyl groups is 1. The van der Waals surface area contributed by atoms with Crippen molar-refractivity contribution >= 4 is 24.8 Å². The Kier molecular flexibility index (Phi) is 4.63. The summed E-state index contributed by atoms with van der Waals surface area (Å²) in [6.07, 6.45) is 6.93. The molecule has 1 aliphatic carbocycles. The van der Waals surface area contributed by atoms with E-state index in [4.69, 9.17) is 5.11 Å². The van der Waals surface area contributed by atoms with Crippen molar-refractivity contribution in [2.75, 3.05) is 25.1 Å². The fourth-order valence-electron chi connectivity index (χ4n) is 4.26. The van der Waals surface area contributed by atoms with Crippen LogP contribution in [0, 0.1) is 0 Å². The molecule has 0 fully saturated rings. The Balaban J connectivity index is 1.53. The largest absolute Gasteiger partial charge is 0.737 e. The van der Waals surface area contributed by atoms with Gasteiger partial charge in [0, 0.05) is 36.6 Å². The molecule has 5 rings (SSSR count). The number of aromatic nitrogens is 2. The fraction of sp³-hybridized carbons (Fsp3) is 0.125. The number of likely N-dealkylation sites (N-methyl/N-ethyl adjacent to an activating group) is 1. The van der Waals surface area contributed by atoms with E-state index in [-0.39, 0.29) is 6.61 Å². The minimum atomic E-state index is -3.89. The molecule has 0 bridgehead atoms. The molecule has 0 atom stereocenters. The lowest BCUT2D eigenvalue weighted by Crippen LogP contribution is -2.65. The van der Waals surface area contributed by atoms with Gasteiger partial charge in [0.05, 0.1) is 12.2 Å². The first-order valence-corrected chi connectivity index (χ1v) is 10.3. The minimum absolute atomic E-state index is 0.110. The number of fused-ring (bicyclic) bond motifs is 2. The van der Waals surface area contributed by atoms with Crippen LogP contribution in [0.1, 0.15) is 11.1 Å². The van der Waals surface area contributed by atoms with Gasteiger partial charge in [-0.05, 0) is 53.7 Å². The Morgan fingerprint density at radius 2 is 1.77 bits per heavy atom. The number of nitrogens with zero attached hydrogens (tertiary/aromatic N) is 3. The summed E-state index contributed by atoms with van der Waals surface area (Å²) in [5.41, 5.74) is 5.69. The van der Waals surface area contributed by atoms with Gasteiger partial charge in [-0.25, -0.2) is 0 Å². The smallest absolute Gasteiger partial charge is 0.396 e. The maximum atomic E-state index is 15.0. The van der Waals surface area contributed by atoms with Crippen LogP contribution < -0.4 is 9.38 Å². The molecular formula is C24H22BF2N3O. The van der Waals surface area contributed by atoms with Crippen molar-refractivity contribution < 1.29 is 18.2 Å². The van der Waals surface area contributed by atoms with Crippen LogP contribution in [0.25, 0.3) is 34.7 Å². The predicted octanol–water partition coefficient (Wildman–Crippen LogP) is 4.23. The van der Waals surface area contributed by atoms with Gasteiger partial charge in [0.15, 0.2) is 5.69 Å². The monoisotopic (exact) mass is 417 g/mol. The minimum Gasteiger partial charge on any atom is -0.396 e. The van der Waals surface area contributed by atoms with Gasteiger partial charge in [-0.2, -0.15) is 0 Å². The quantitative estimate of drug-likeness (QED) is 0.493. The third-order valence-corrected chi connectivity index (χ3v) is 5.93. The molecule has 3 aliphatic rings. The van der Waals surface area contributed by atoms with Crippen LogP contribution in [0.4, 0.5) is 14.3 Å². The van der Waals surface area contributed by atoms with Gasteiger partial charge in [0.1, 0.15) is 6.20 Å². The van der Waals surface area contributed by atoms with Gasteiger partial charge in [0.2, 0.25) is 0 Å². The van der Waals surface area contributed by atoms with E-state index < -0.39 is 6.97 Å². The molecule has 156 valence electrons. The van der Waals surface area contributed by atoms with Crippen molar-refractivity contribution in [3.63, 3.8) is 0 Å². The van der Waals surface area contributed by atoms with E-state index in [1.807, 2.05) is 66.6 Å². The van der Waals surface area contributed by atoms with E-state index in [1.54, 1.807) is 18.2 Å². The second-order valence-corrected chi connectivity index (χ2v) is 7.88. The van der Waals surface area contributed by atoms with Gasteiger partial charge in [-0.1, -0.05) is 30.4 Å². The molecule has 0 spiro atoms. The summed E-state index contributed by atoms with van der Waals surface area (Å²) in [6.45, 7) is -3.20. The Bertz CT molecular complexity index is 1250. The lowest BCUT2D eigenvalue weighted by molar-refractivity contribution is -0.554. The average Bonchev–Trinajstić information content (AvgIpc) is 3.39. The molecule has 2 aliphatic heterocycles. The van der Waals surface area contributed by atoms with Crippen molar-refractivity contribution in [3.05, 3.63) is 84.2 Å². The first-order chi connectivity index (χ1) is 15.0. The van der Waals surface area contributed by atoms with E-state index in [2.05, 4.69) is 0 Å². The molecule has 0 saturated heterocycles. The summed E-state index contributed by atoms with van der Waals surface area (Å²) < 4.78 is 32.2. The van der Waals surface area contributed by atoms with E-state index in [9.17, 15) is 0 Å². The van der Waals surface area contributed by atoms with E-state index in [0.717, 1.165) is 36.9 Å². The van der Waals surface area contributed by atoms with Crippen molar-refractivity contribution in [2.24, 2.45) is 0 Å². The van der Waals surface area contributed by atoms with Gasteiger partial charge in [-0.15, -0.1) is 0 Å². The topological polar surface area (TPSA) is 32.3 Å². The Morgan fingerprint density at radius 3 is 2.55 bits per heavy atom. The van der Waals surface area contributed by atoms with Crippen LogP contribution in [0.3, 0.4) is 0 Å². The van der Waals surface area contributed by atoms with E-state index >= 15 is 8.63 Å². The summed E-state index contributed by atoms with van der Waals surface area (Å²) in [5.74, 6) is 0. The molecule has 31 heavy (non-hydrogen) atoms. The highest BCUT2D eigenvalue weighted by molar-refractivity contribution is 6.56. The van der Waals surface area contributed by atoms with E-state index in [0.29, 0.717) is 17.9 Å². The molecule has 3 heterocycles. The van der Waals surface area contributed by atoms with Crippen molar-refractivity contribution in [3.8, 4) is 22.5 Å². The van der Waals surface area contributed by atoms with Crippen LogP contribution in [-0.4, -0.2) is 36.8 Å². The number of benzene rings is 1. The molecule has 7 heteroatoms. The summed E-state index contributed by atoms with van der Waals surface area (Å²) in [4.78, 5) is 1.99. The van der Waals surface area contributed by atoms with Crippen molar-refractivity contribution in [2.45, 2.75) is 0 Å². The highest BCUT2D eigenvalue weighted by atomic mass is 19.2. The normalized spacial score (nSPS) is 14.2. The molecule has 1 aromatic carbocycles. The third-order valence-electron chi connectivity index (χ3n) is 5.93. The molecule has 1 N–H and O–H groups in total. The summed E-state index contributed by atoms with van der Waals surface area (Å²) in [6, 6.07) is 19.0. The standard InChI is InChI=1S/C24H22BF2N3O/c1-28(15-16-31)21-10-7-18(8-11-21)4-5-19-6-9-20-12-14-30-24(20)22(17-19)23-3-2-13-29(23)25(30,26)27/h2-14,17,31H,15-16H2,1H3/b5-4+. The molecule has 0 radical (unpaired) electrons. The molecule has 2 aromatic rings. The predicted molar refractivity (Wildman–Crippen MR) is 121 cm³/mol. The molecule has 0 amide bonds. The zero-order valence-corrected chi connectivity index (χ0v) is 17.1. The first kappa shape index (κ1) is 19.5. The van der Waals surface area contributed by atoms with Crippen LogP contribution in [-0.2, 0) is 0 Å². The highest BCUT2D eigenvalue weighted by Crippen LogP contribution is 2.37. The maximum Gasteiger partial charge on any atom is 0.737 e. The first-order valence-electron chi connectivity index (χ1n) is 10.3. The number of rotatable bonds is 5. The van der Waals surface area contributed by atoms with E-state index in [1.165, 1.54) is 12.4 Å². The zero-order valence-electron chi connectivity index (χ0n) is 17.1. The fourth-order valence-corrected chi connectivity index (χ4v) is 4.26. The number of hydrogen-bond acceptors (Lipinski definition) is 2. The molecule has 4 nitrogen and oxygen atoms in total. The van der Waals surface area contributed by atoms with Gasteiger partial charge in [0.25, 0.3) is 0 Å². The van der Waals surface area contributed by atoms with Crippen LogP contribution in [0.2, 0.25) is 0 Å². The third kappa shape index (κ3) is 3.22. The van der Waals surface area contributed by atoms with Gasteiger partial charge >= 0.3 is 6.97 Å². The number of anilines is 1. The Labute approximate surface area is 179 Å². The molecule has 0 unspecified atom stereocenters. The number of aliphatic hydroxyl groups excluding tert-OH is 1.